The molecular formula is C17H21N3O2. The van der Waals surface area contributed by atoms with Gasteiger partial charge in [0, 0.05) is 43.2 Å². The first-order valence-electron chi connectivity index (χ1n) is 7.65. The van der Waals surface area contributed by atoms with Crippen LogP contribution in [0.15, 0.2) is 30.5 Å². The summed E-state index contributed by atoms with van der Waals surface area (Å²) in [5.74, 6) is 1.05. The maximum atomic E-state index is 11.8. The van der Waals surface area contributed by atoms with Crippen LogP contribution in [0, 0.1) is 0 Å². The maximum Gasteiger partial charge on any atom is 0.222 e. The molecule has 116 valence electrons. The van der Waals surface area contributed by atoms with Crippen LogP contribution in [0.5, 0.6) is 5.75 Å². The topological polar surface area (TPSA) is 54.5 Å². The molecule has 1 amide bonds. The lowest BCUT2D eigenvalue weighted by atomic mass is 10.1. The summed E-state index contributed by atoms with van der Waals surface area (Å²) in [4.78, 5) is 18.2. The molecule has 0 aliphatic carbocycles. The van der Waals surface area contributed by atoms with Crippen molar-refractivity contribution >= 4 is 22.5 Å². The number of amides is 1. The molecule has 1 aromatic heterocycles. The summed E-state index contributed by atoms with van der Waals surface area (Å²) in [7, 11) is 1.66. The molecule has 1 aromatic carbocycles. The molecule has 0 spiro atoms. The van der Waals surface area contributed by atoms with Gasteiger partial charge in [0.25, 0.3) is 0 Å². The third kappa shape index (κ3) is 2.84. The minimum atomic E-state index is 0.253. The predicted molar refractivity (Wildman–Crippen MR) is 87.2 cm³/mol. The number of methoxy groups -OCH3 is 1. The third-order valence-corrected chi connectivity index (χ3v) is 4.21. The van der Waals surface area contributed by atoms with E-state index >= 15 is 0 Å². The number of carbonyl (C=O) groups is 1. The second-order valence-corrected chi connectivity index (χ2v) is 5.65. The van der Waals surface area contributed by atoms with Crippen LogP contribution in [0.3, 0.4) is 0 Å². The highest BCUT2D eigenvalue weighted by atomic mass is 16.5. The van der Waals surface area contributed by atoms with Crippen molar-refractivity contribution in [1.29, 1.82) is 0 Å². The molecule has 1 N–H and O–H groups in total. The number of anilines is 1. The van der Waals surface area contributed by atoms with Crippen molar-refractivity contribution in [2.24, 2.45) is 0 Å². The number of fused-ring (bicyclic) bond motifs is 1. The molecule has 2 heterocycles. The Hall–Kier alpha value is -2.30. The van der Waals surface area contributed by atoms with Gasteiger partial charge in [-0.3, -0.25) is 9.78 Å². The second-order valence-electron chi connectivity index (χ2n) is 5.65. The Morgan fingerprint density at radius 2 is 2.32 bits per heavy atom. The Morgan fingerprint density at radius 1 is 1.45 bits per heavy atom. The number of likely N-dealkylation sites (tertiary alicyclic amines) is 1. The van der Waals surface area contributed by atoms with E-state index in [4.69, 9.17) is 4.74 Å². The highest BCUT2D eigenvalue weighted by Crippen LogP contribution is 2.27. The number of nitrogens with zero attached hydrogens (tertiary/aromatic N) is 2. The van der Waals surface area contributed by atoms with Crippen LogP contribution in [-0.4, -0.2) is 42.0 Å². The van der Waals surface area contributed by atoms with E-state index in [1.165, 1.54) is 0 Å². The highest BCUT2D eigenvalue weighted by Gasteiger charge is 2.26. The highest BCUT2D eigenvalue weighted by molar-refractivity contribution is 5.91. The summed E-state index contributed by atoms with van der Waals surface area (Å²) in [5, 5.41) is 4.43. The normalized spacial score (nSPS) is 18.0. The number of nitrogens with one attached hydrogen (secondary N) is 1. The van der Waals surface area contributed by atoms with Crippen molar-refractivity contribution < 1.29 is 9.53 Å². The second kappa shape index (κ2) is 6.22. The largest absolute Gasteiger partial charge is 0.497 e. The average Bonchev–Trinajstić information content (AvgIpc) is 2.86. The fourth-order valence-corrected chi connectivity index (χ4v) is 2.95. The van der Waals surface area contributed by atoms with E-state index in [2.05, 4.69) is 17.2 Å². The van der Waals surface area contributed by atoms with Crippen molar-refractivity contribution in [2.75, 3.05) is 25.5 Å². The molecule has 0 saturated carbocycles. The molecule has 1 fully saturated rings. The van der Waals surface area contributed by atoms with Crippen LogP contribution < -0.4 is 10.1 Å². The zero-order valence-corrected chi connectivity index (χ0v) is 13.0. The number of ether oxygens (including phenoxy) is 1. The van der Waals surface area contributed by atoms with Gasteiger partial charge in [-0.2, -0.15) is 0 Å². The summed E-state index contributed by atoms with van der Waals surface area (Å²) < 4.78 is 5.34. The molecule has 1 aliphatic rings. The fourth-order valence-electron chi connectivity index (χ4n) is 2.95. The van der Waals surface area contributed by atoms with Crippen LogP contribution in [-0.2, 0) is 4.79 Å². The minimum absolute atomic E-state index is 0.253. The molecule has 5 heteroatoms. The Labute approximate surface area is 130 Å². The lowest BCUT2D eigenvalue weighted by Crippen LogP contribution is -2.35. The number of aromatic nitrogens is 1. The Bertz CT molecular complexity index is 687. The standard InChI is InChI=1S/C17H21N3O2/c1-12-5-6-16(21)20(12)9-8-18-15-11-14(22-2)10-13-4-3-7-19-17(13)15/h3-4,7,10-12,18H,5-6,8-9H2,1-2H3. The van der Waals surface area contributed by atoms with Crippen molar-refractivity contribution in [3.05, 3.63) is 30.5 Å². The van der Waals surface area contributed by atoms with E-state index in [1.54, 1.807) is 13.3 Å². The smallest absolute Gasteiger partial charge is 0.222 e. The molecule has 22 heavy (non-hydrogen) atoms. The summed E-state index contributed by atoms with van der Waals surface area (Å²) in [6.07, 6.45) is 3.42. The van der Waals surface area contributed by atoms with Crippen LogP contribution in [0.2, 0.25) is 0 Å². The monoisotopic (exact) mass is 299 g/mol. The number of rotatable bonds is 5. The molecule has 2 aromatic rings. The summed E-state index contributed by atoms with van der Waals surface area (Å²) >= 11 is 0. The maximum absolute atomic E-state index is 11.8. The van der Waals surface area contributed by atoms with Crippen LogP contribution in [0.25, 0.3) is 10.9 Å². The zero-order chi connectivity index (χ0) is 15.5. The van der Waals surface area contributed by atoms with Gasteiger partial charge in [-0.15, -0.1) is 0 Å². The van der Waals surface area contributed by atoms with Crippen LogP contribution in [0.1, 0.15) is 19.8 Å². The first-order chi connectivity index (χ1) is 10.7. The molecule has 1 aliphatic heterocycles. The van der Waals surface area contributed by atoms with Crippen molar-refractivity contribution in [2.45, 2.75) is 25.8 Å². The summed E-state index contributed by atoms with van der Waals surface area (Å²) in [6, 6.07) is 8.19. The first kappa shape index (κ1) is 14.6. The number of hydrogen-bond donors (Lipinski definition) is 1. The Balaban J connectivity index is 1.74. The van der Waals surface area contributed by atoms with Gasteiger partial charge in [-0.05, 0) is 25.5 Å². The van der Waals surface area contributed by atoms with Crippen molar-refractivity contribution in [3.63, 3.8) is 0 Å². The number of benzene rings is 1. The first-order valence-corrected chi connectivity index (χ1v) is 7.65. The number of hydrogen-bond acceptors (Lipinski definition) is 4. The zero-order valence-electron chi connectivity index (χ0n) is 13.0. The van der Waals surface area contributed by atoms with Crippen molar-refractivity contribution in [1.82, 2.24) is 9.88 Å². The van der Waals surface area contributed by atoms with Gasteiger partial charge in [0.1, 0.15) is 5.75 Å². The number of carbonyl (C=O) groups excluding carboxylic acids is 1. The molecule has 0 bridgehead atoms. The van der Waals surface area contributed by atoms with E-state index in [-0.39, 0.29) is 5.91 Å². The number of pyridine rings is 1. The van der Waals surface area contributed by atoms with Gasteiger partial charge in [-0.1, -0.05) is 6.07 Å². The van der Waals surface area contributed by atoms with Gasteiger partial charge < -0.3 is 15.0 Å². The molecule has 1 atom stereocenters. The van der Waals surface area contributed by atoms with Crippen LogP contribution in [0.4, 0.5) is 5.69 Å². The third-order valence-electron chi connectivity index (χ3n) is 4.21. The van der Waals surface area contributed by atoms with Gasteiger partial charge in [0.05, 0.1) is 18.3 Å². The lowest BCUT2D eigenvalue weighted by Gasteiger charge is -2.22. The molecule has 1 unspecified atom stereocenters. The van der Waals surface area contributed by atoms with E-state index in [0.29, 0.717) is 25.6 Å². The minimum Gasteiger partial charge on any atom is -0.497 e. The SMILES string of the molecule is COc1cc(NCCN2C(=O)CCC2C)c2ncccc2c1. The molecule has 1 saturated heterocycles. The molecular weight excluding hydrogens is 278 g/mol. The molecule has 0 radical (unpaired) electrons. The average molecular weight is 299 g/mol. The summed E-state index contributed by atoms with van der Waals surface area (Å²) in [5.41, 5.74) is 1.86. The van der Waals surface area contributed by atoms with E-state index in [1.807, 2.05) is 29.2 Å². The summed E-state index contributed by atoms with van der Waals surface area (Å²) in [6.45, 7) is 3.52. The fraction of sp³-hybridized carbons (Fsp3) is 0.412. The molecule has 3 rings (SSSR count). The lowest BCUT2D eigenvalue weighted by molar-refractivity contribution is -0.128. The van der Waals surface area contributed by atoms with Gasteiger partial charge in [-0.25, -0.2) is 0 Å². The van der Waals surface area contributed by atoms with Crippen molar-refractivity contribution in [3.8, 4) is 5.75 Å². The van der Waals surface area contributed by atoms with Gasteiger partial charge >= 0.3 is 0 Å². The van der Waals surface area contributed by atoms with E-state index in [0.717, 1.165) is 28.8 Å². The Kier molecular flexibility index (Phi) is 4.13. The van der Waals surface area contributed by atoms with E-state index < -0.39 is 0 Å². The van der Waals surface area contributed by atoms with E-state index in [9.17, 15) is 4.79 Å². The van der Waals surface area contributed by atoms with Gasteiger partial charge in [0.2, 0.25) is 5.91 Å². The molecule has 5 nitrogen and oxygen atoms in total. The Morgan fingerprint density at radius 3 is 3.05 bits per heavy atom. The predicted octanol–water partition coefficient (Wildman–Crippen LogP) is 2.67. The quantitative estimate of drug-likeness (QED) is 0.922. The van der Waals surface area contributed by atoms with Gasteiger partial charge in [0.15, 0.2) is 0 Å². The van der Waals surface area contributed by atoms with Crippen LogP contribution >= 0.6 is 0 Å².